The molecule has 5 rings (SSSR count). The number of rotatable bonds is 4. The molecule has 7 heteroatoms. The fraction of sp³-hybridized carbons (Fsp3) is 0.583. The minimum absolute atomic E-state index is 0.172. The van der Waals surface area contributed by atoms with Crippen molar-refractivity contribution in [2.24, 2.45) is 11.8 Å². The van der Waals surface area contributed by atoms with E-state index in [9.17, 15) is 9.50 Å². The van der Waals surface area contributed by atoms with Gasteiger partial charge in [-0.1, -0.05) is 12.1 Å². The van der Waals surface area contributed by atoms with Crippen LogP contribution in [0.1, 0.15) is 30.5 Å². The SMILES string of the molecule is CN1CCN(c2nccc(CN3C[C@@H]4CCC[C@@](O)(c5ccc(F)cc5)[C@H]4C3)n2)CC1. The monoisotopic (exact) mass is 425 g/mol. The van der Waals surface area contributed by atoms with Crippen LogP contribution in [0.2, 0.25) is 0 Å². The zero-order chi connectivity index (χ0) is 21.4. The summed E-state index contributed by atoms with van der Waals surface area (Å²) < 4.78 is 13.4. The van der Waals surface area contributed by atoms with E-state index in [0.717, 1.165) is 82.3 Å². The molecular formula is C24H32FN5O. The van der Waals surface area contributed by atoms with Crippen molar-refractivity contribution in [2.75, 3.05) is 51.2 Å². The highest BCUT2D eigenvalue weighted by Gasteiger charge is 2.49. The fourth-order valence-corrected chi connectivity index (χ4v) is 5.70. The summed E-state index contributed by atoms with van der Waals surface area (Å²) >= 11 is 0. The Morgan fingerprint density at radius 1 is 1.10 bits per heavy atom. The van der Waals surface area contributed by atoms with Crippen molar-refractivity contribution in [3.8, 4) is 0 Å². The summed E-state index contributed by atoms with van der Waals surface area (Å²) in [5, 5.41) is 11.6. The molecule has 166 valence electrons. The molecule has 2 saturated heterocycles. The minimum atomic E-state index is -0.873. The van der Waals surface area contributed by atoms with Gasteiger partial charge in [-0.15, -0.1) is 0 Å². The Morgan fingerprint density at radius 2 is 1.87 bits per heavy atom. The third-order valence-electron chi connectivity index (χ3n) is 7.48. The molecule has 1 N–H and O–H groups in total. The van der Waals surface area contributed by atoms with Gasteiger partial charge >= 0.3 is 0 Å². The molecule has 3 aliphatic rings. The van der Waals surface area contributed by atoms with Crippen molar-refractivity contribution in [3.05, 3.63) is 53.6 Å². The van der Waals surface area contributed by atoms with E-state index in [4.69, 9.17) is 4.98 Å². The standard InChI is InChI=1S/C24H32FN5O/c1-28-11-13-30(14-12-28)23-26-10-8-21(27-23)16-29-15-18-3-2-9-24(31,22(18)17-29)19-4-6-20(25)7-5-19/h4-8,10,18,22,31H,2-3,9,11-17H2,1H3/t18-,22-,24+/m0/s1. The third-order valence-corrected chi connectivity index (χ3v) is 7.48. The van der Waals surface area contributed by atoms with E-state index in [2.05, 4.69) is 26.7 Å². The number of aromatic nitrogens is 2. The highest BCUT2D eigenvalue weighted by Crippen LogP contribution is 2.48. The lowest BCUT2D eigenvalue weighted by atomic mass is 9.67. The third kappa shape index (κ3) is 4.19. The molecule has 3 fully saturated rings. The van der Waals surface area contributed by atoms with E-state index in [0.29, 0.717) is 5.92 Å². The summed E-state index contributed by atoms with van der Waals surface area (Å²) in [7, 11) is 2.15. The van der Waals surface area contributed by atoms with Gasteiger partial charge in [-0.3, -0.25) is 4.90 Å². The molecule has 31 heavy (non-hydrogen) atoms. The predicted molar refractivity (Wildman–Crippen MR) is 118 cm³/mol. The molecule has 3 heterocycles. The van der Waals surface area contributed by atoms with E-state index in [1.807, 2.05) is 12.3 Å². The molecule has 2 aromatic rings. The van der Waals surface area contributed by atoms with Gasteiger partial charge < -0.3 is 14.9 Å². The van der Waals surface area contributed by atoms with Crippen LogP contribution in [0.5, 0.6) is 0 Å². The van der Waals surface area contributed by atoms with Crippen LogP contribution < -0.4 is 4.90 Å². The maximum absolute atomic E-state index is 13.4. The normalized spacial score (nSPS) is 29.8. The predicted octanol–water partition coefficient (Wildman–Crippen LogP) is 2.49. The van der Waals surface area contributed by atoms with Gasteiger partial charge in [0.25, 0.3) is 0 Å². The zero-order valence-corrected chi connectivity index (χ0v) is 18.3. The van der Waals surface area contributed by atoms with Crippen LogP contribution in [0, 0.1) is 17.7 Å². The van der Waals surface area contributed by atoms with Crippen molar-refractivity contribution < 1.29 is 9.50 Å². The second-order valence-corrected chi connectivity index (χ2v) is 9.52. The molecule has 0 unspecified atom stereocenters. The Labute approximate surface area is 183 Å². The van der Waals surface area contributed by atoms with Crippen LogP contribution in [0.25, 0.3) is 0 Å². The van der Waals surface area contributed by atoms with E-state index in [1.165, 1.54) is 12.1 Å². The molecular weight excluding hydrogens is 393 g/mol. The fourth-order valence-electron chi connectivity index (χ4n) is 5.70. The first-order valence-corrected chi connectivity index (χ1v) is 11.5. The highest BCUT2D eigenvalue weighted by molar-refractivity contribution is 5.31. The molecule has 3 atom stereocenters. The molecule has 0 amide bonds. The average molecular weight is 426 g/mol. The second-order valence-electron chi connectivity index (χ2n) is 9.52. The van der Waals surface area contributed by atoms with E-state index < -0.39 is 5.60 Å². The van der Waals surface area contributed by atoms with Gasteiger partial charge in [0.2, 0.25) is 5.95 Å². The Balaban J connectivity index is 1.29. The first-order chi connectivity index (χ1) is 15.0. The van der Waals surface area contributed by atoms with Gasteiger partial charge in [0.05, 0.1) is 11.3 Å². The van der Waals surface area contributed by atoms with Crippen molar-refractivity contribution in [2.45, 2.75) is 31.4 Å². The molecule has 1 saturated carbocycles. The number of likely N-dealkylation sites (tertiary alicyclic amines) is 1. The smallest absolute Gasteiger partial charge is 0.225 e. The Hall–Kier alpha value is -2.09. The van der Waals surface area contributed by atoms with Gasteiger partial charge in [0, 0.05) is 57.9 Å². The summed E-state index contributed by atoms with van der Waals surface area (Å²) in [4.78, 5) is 16.4. The van der Waals surface area contributed by atoms with Gasteiger partial charge in [-0.2, -0.15) is 0 Å². The largest absolute Gasteiger partial charge is 0.385 e. The Bertz CT molecular complexity index is 901. The summed E-state index contributed by atoms with van der Waals surface area (Å²) in [5.41, 5.74) is 1.01. The molecule has 1 aliphatic carbocycles. The lowest BCUT2D eigenvalue weighted by Crippen LogP contribution is -2.45. The van der Waals surface area contributed by atoms with Gasteiger partial charge in [0.15, 0.2) is 0 Å². The minimum Gasteiger partial charge on any atom is -0.385 e. The number of anilines is 1. The van der Waals surface area contributed by atoms with Crippen molar-refractivity contribution in [3.63, 3.8) is 0 Å². The van der Waals surface area contributed by atoms with Crippen LogP contribution in [0.15, 0.2) is 36.5 Å². The van der Waals surface area contributed by atoms with E-state index in [1.54, 1.807) is 12.1 Å². The van der Waals surface area contributed by atoms with Crippen LogP contribution in [0.4, 0.5) is 10.3 Å². The summed E-state index contributed by atoms with van der Waals surface area (Å²) in [5.74, 6) is 1.20. The van der Waals surface area contributed by atoms with Crippen LogP contribution >= 0.6 is 0 Å². The molecule has 6 nitrogen and oxygen atoms in total. The summed E-state index contributed by atoms with van der Waals surface area (Å²) in [6, 6.07) is 8.45. The summed E-state index contributed by atoms with van der Waals surface area (Å²) in [6.07, 6.45) is 4.76. The Morgan fingerprint density at radius 3 is 2.65 bits per heavy atom. The quantitative estimate of drug-likeness (QED) is 0.812. The summed E-state index contributed by atoms with van der Waals surface area (Å²) in [6.45, 7) is 6.57. The van der Waals surface area contributed by atoms with Crippen molar-refractivity contribution in [1.82, 2.24) is 19.8 Å². The highest BCUT2D eigenvalue weighted by atomic mass is 19.1. The maximum atomic E-state index is 13.4. The van der Waals surface area contributed by atoms with Crippen molar-refractivity contribution in [1.29, 1.82) is 0 Å². The molecule has 0 spiro atoms. The topological polar surface area (TPSA) is 55.7 Å². The molecule has 0 radical (unpaired) electrons. The first kappa shape index (κ1) is 20.8. The van der Waals surface area contributed by atoms with Gasteiger partial charge in [-0.05, 0) is 56.0 Å². The number of halogens is 1. The number of piperazine rings is 1. The van der Waals surface area contributed by atoms with Crippen LogP contribution in [-0.4, -0.2) is 71.2 Å². The first-order valence-electron chi connectivity index (χ1n) is 11.5. The number of hydrogen-bond acceptors (Lipinski definition) is 6. The van der Waals surface area contributed by atoms with Crippen LogP contribution in [-0.2, 0) is 12.1 Å². The van der Waals surface area contributed by atoms with Gasteiger partial charge in [0.1, 0.15) is 5.82 Å². The molecule has 0 bridgehead atoms. The number of fused-ring (bicyclic) bond motifs is 1. The average Bonchev–Trinajstić information content (AvgIpc) is 3.19. The van der Waals surface area contributed by atoms with Crippen LogP contribution in [0.3, 0.4) is 0 Å². The lowest BCUT2D eigenvalue weighted by molar-refractivity contribution is -0.0649. The lowest BCUT2D eigenvalue weighted by Gasteiger charge is -2.41. The molecule has 1 aromatic carbocycles. The van der Waals surface area contributed by atoms with E-state index >= 15 is 0 Å². The van der Waals surface area contributed by atoms with E-state index in [-0.39, 0.29) is 11.7 Å². The number of benzene rings is 1. The zero-order valence-electron chi connectivity index (χ0n) is 18.3. The number of aliphatic hydroxyl groups is 1. The number of hydrogen-bond donors (Lipinski definition) is 1. The van der Waals surface area contributed by atoms with Crippen molar-refractivity contribution >= 4 is 5.95 Å². The number of likely N-dealkylation sites (N-methyl/N-ethyl adjacent to an activating group) is 1. The Kier molecular flexibility index (Phi) is 5.67. The second kappa shape index (κ2) is 8.45. The van der Waals surface area contributed by atoms with Gasteiger partial charge in [-0.25, -0.2) is 14.4 Å². The molecule has 1 aromatic heterocycles. The molecule has 2 aliphatic heterocycles. The number of nitrogens with zero attached hydrogens (tertiary/aromatic N) is 5. The maximum Gasteiger partial charge on any atom is 0.225 e.